The fourth-order valence-electron chi connectivity index (χ4n) is 5.26. The van der Waals surface area contributed by atoms with Crippen molar-refractivity contribution >= 4 is 11.8 Å². The summed E-state index contributed by atoms with van der Waals surface area (Å²) in [6.45, 7) is 3.43. The van der Waals surface area contributed by atoms with Gasteiger partial charge in [-0.3, -0.25) is 9.59 Å². The van der Waals surface area contributed by atoms with Gasteiger partial charge in [0.05, 0.1) is 6.26 Å². The second-order valence-electron chi connectivity index (χ2n) is 8.18. The molecule has 1 N–H and O–H groups in total. The van der Waals surface area contributed by atoms with Crippen LogP contribution in [0.3, 0.4) is 0 Å². The zero-order valence-electron chi connectivity index (χ0n) is 14.9. The molecular weight excluding hydrogens is 316 g/mol. The van der Waals surface area contributed by atoms with E-state index in [0.29, 0.717) is 24.8 Å². The molecular formula is C20H28N2O3. The number of fused-ring (bicyclic) bond motifs is 2. The lowest BCUT2D eigenvalue weighted by atomic mass is 9.83. The predicted molar refractivity (Wildman–Crippen MR) is 93.9 cm³/mol. The van der Waals surface area contributed by atoms with Crippen molar-refractivity contribution in [3.05, 3.63) is 24.2 Å². The van der Waals surface area contributed by atoms with Crippen LogP contribution in [0.1, 0.15) is 56.0 Å². The molecule has 1 aromatic heterocycles. The Kier molecular flexibility index (Phi) is 4.57. The van der Waals surface area contributed by atoms with Crippen molar-refractivity contribution in [2.24, 2.45) is 23.7 Å². The lowest BCUT2D eigenvalue weighted by molar-refractivity contribution is -0.127. The molecule has 3 fully saturated rings. The highest BCUT2D eigenvalue weighted by Gasteiger charge is 2.42. The molecule has 0 unspecified atom stereocenters. The number of piperidine rings is 1. The lowest BCUT2D eigenvalue weighted by Crippen LogP contribution is -2.47. The summed E-state index contributed by atoms with van der Waals surface area (Å²) in [6.07, 6.45) is 8.40. The second-order valence-corrected chi connectivity index (χ2v) is 8.18. The molecule has 2 bridgehead atoms. The van der Waals surface area contributed by atoms with Crippen LogP contribution in [0, 0.1) is 23.7 Å². The number of hydrogen-bond acceptors (Lipinski definition) is 3. The van der Waals surface area contributed by atoms with E-state index in [2.05, 4.69) is 12.2 Å². The number of likely N-dealkylation sites (tertiary alicyclic amines) is 1. The van der Waals surface area contributed by atoms with Crippen LogP contribution in [-0.4, -0.2) is 35.8 Å². The van der Waals surface area contributed by atoms with Crippen LogP contribution in [-0.2, 0) is 4.79 Å². The van der Waals surface area contributed by atoms with Crippen LogP contribution in [0.5, 0.6) is 0 Å². The molecule has 25 heavy (non-hydrogen) atoms. The zero-order chi connectivity index (χ0) is 17.4. The van der Waals surface area contributed by atoms with Gasteiger partial charge in [-0.05, 0) is 68.9 Å². The monoisotopic (exact) mass is 344 g/mol. The molecule has 1 saturated heterocycles. The minimum Gasteiger partial charge on any atom is -0.459 e. The van der Waals surface area contributed by atoms with Crippen molar-refractivity contribution in [3.8, 4) is 0 Å². The third kappa shape index (κ3) is 3.33. The van der Waals surface area contributed by atoms with Crippen LogP contribution in [0.4, 0.5) is 0 Å². The van der Waals surface area contributed by atoms with E-state index >= 15 is 0 Å². The summed E-state index contributed by atoms with van der Waals surface area (Å²) in [5, 5.41) is 3.29. The molecule has 2 amide bonds. The van der Waals surface area contributed by atoms with Gasteiger partial charge in [-0.1, -0.05) is 6.42 Å². The molecule has 0 radical (unpaired) electrons. The van der Waals surface area contributed by atoms with Crippen molar-refractivity contribution in [2.75, 3.05) is 13.1 Å². The minimum absolute atomic E-state index is 0.0293. The summed E-state index contributed by atoms with van der Waals surface area (Å²) in [4.78, 5) is 26.7. The maximum absolute atomic E-state index is 12.6. The van der Waals surface area contributed by atoms with Crippen molar-refractivity contribution in [2.45, 2.75) is 51.5 Å². The highest BCUT2D eigenvalue weighted by molar-refractivity contribution is 5.91. The molecule has 0 aromatic carbocycles. The van der Waals surface area contributed by atoms with Gasteiger partial charge in [-0.25, -0.2) is 0 Å². The first-order chi connectivity index (χ1) is 12.1. The summed E-state index contributed by atoms with van der Waals surface area (Å²) in [5.74, 6) is 2.93. The molecule has 4 atom stereocenters. The molecule has 136 valence electrons. The van der Waals surface area contributed by atoms with Gasteiger partial charge < -0.3 is 14.6 Å². The van der Waals surface area contributed by atoms with Crippen molar-refractivity contribution in [1.29, 1.82) is 0 Å². The number of nitrogens with one attached hydrogen (secondary N) is 1. The number of rotatable bonds is 4. The van der Waals surface area contributed by atoms with Crippen LogP contribution in [0.15, 0.2) is 22.8 Å². The fraction of sp³-hybridized carbons (Fsp3) is 0.700. The van der Waals surface area contributed by atoms with Crippen LogP contribution in [0.25, 0.3) is 0 Å². The topological polar surface area (TPSA) is 62.6 Å². The largest absolute Gasteiger partial charge is 0.459 e. The number of amides is 2. The van der Waals surface area contributed by atoms with E-state index in [1.807, 2.05) is 0 Å². The maximum atomic E-state index is 12.6. The average molecular weight is 344 g/mol. The third-order valence-electron chi connectivity index (χ3n) is 6.69. The van der Waals surface area contributed by atoms with Gasteiger partial charge in [0.25, 0.3) is 5.91 Å². The minimum atomic E-state index is -0.0702. The predicted octanol–water partition coefficient (Wildman–Crippen LogP) is 3.07. The smallest absolute Gasteiger partial charge is 0.289 e. The van der Waals surface area contributed by atoms with Crippen molar-refractivity contribution < 1.29 is 14.0 Å². The van der Waals surface area contributed by atoms with E-state index < -0.39 is 0 Å². The number of carbonyl (C=O) groups excluding carboxylic acids is 2. The van der Waals surface area contributed by atoms with Crippen LogP contribution < -0.4 is 5.32 Å². The quantitative estimate of drug-likeness (QED) is 0.913. The fourth-order valence-corrected chi connectivity index (χ4v) is 5.26. The SMILES string of the molecule is C[C@@H](NC(=O)C1CCN(C(=O)c2ccco2)CC1)[C@H]1C[C@H]2CC[C@H]1C2. The Morgan fingerprint density at radius 3 is 2.60 bits per heavy atom. The highest BCUT2D eigenvalue weighted by atomic mass is 16.3. The van der Waals surface area contributed by atoms with Gasteiger partial charge in [0.15, 0.2) is 5.76 Å². The molecule has 2 aliphatic carbocycles. The standard InChI is InChI=1S/C20H28N2O3/c1-13(17-12-14-4-5-16(17)11-14)21-19(23)15-6-8-22(9-7-15)20(24)18-3-2-10-25-18/h2-3,10,13-17H,4-9,11-12H2,1H3,(H,21,23)/t13-,14+,16+,17-/m1/s1. The Balaban J connectivity index is 1.26. The first-order valence-electron chi connectivity index (χ1n) is 9.75. The second kappa shape index (κ2) is 6.85. The number of nitrogens with zero attached hydrogens (tertiary/aromatic N) is 1. The molecule has 5 heteroatoms. The first-order valence-corrected chi connectivity index (χ1v) is 9.75. The Hall–Kier alpha value is -1.78. The molecule has 1 aliphatic heterocycles. The summed E-state index contributed by atoms with van der Waals surface area (Å²) in [6, 6.07) is 3.70. The molecule has 3 aliphatic rings. The Bertz CT molecular complexity index is 619. The van der Waals surface area contributed by atoms with E-state index in [0.717, 1.165) is 24.7 Å². The van der Waals surface area contributed by atoms with Crippen LogP contribution in [0.2, 0.25) is 0 Å². The van der Waals surface area contributed by atoms with E-state index in [1.165, 1.54) is 31.9 Å². The Morgan fingerprint density at radius 2 is 2.00 bits per heavy atom. The first kappa shape index (κ1) is 16.7. The zero-order valence-corrected chi connectivity index (χ0v) is 14.9. The molecule has 5 nitrogen and oxygen atoms in total. The highest BCUT2D eigenvalue weighted by Crippen LogP contribution is 2.49. The summed E-state index contributed by atoms with van der Waals surface area (Å²) < 4.78 is 5.19. The summed E-state index contributed by atoms with van der Waals surface area (Å²) in [5.41, 5.74) is 0. The molecule has 1 aromatic rings. The van der Waals surface area contributed by atoms with Crippen molar-refractivity contribution in [3.63, 3.8) is 0 Å². The van der Waals surface area contributed by atoms with Gasteiger partial charge >= 0.3 is 0 Å². The number of carbonyl (C=O) groups is 2. The molecule has 4 rings (SSSR count). The normalized spacial score (nSPS) is 30.4. The Morgan fingerprint density at radius 1 is 1.20 bits per heavy atom. The molecule has 2 heterocycles. The van der Waals surface area contributed by atoms with E-state index in [4.69, 9.17) is 4.42 Å². The number of hydrogen-bond donors (Lipinski definition) is 1. The van der Waals surface area contributed by atoms with E-state index in [1.54, 1.807) is 17.0 Å². The van der Waals surface area contributed by atoms with Gasteiger partial charge in [-0.15, -0.1) is 0 Å². The number of furan rings is 1. The maximum Gasteiger partial charge on any atom is 0.289 e. The molecule has 2 saturated carbocycles. The van der Waals surface area contributed by atoms with Gasteiger partial charge in [0, 0.05) is 25.0 Å². The lowest BCUT2D eigenvalue weighted by Gasteiger charge is -2.33. The van der Waals surface area contributed by atoms with Crippen molar-refractivity contribution in [1.82, 2.24) is 10.2 Å². The van der Waals surface area contributed by atoms with Gasteiger partial charge in [-0.2, -0.15) is 0 Å². The molecule has 0 spiro atoms. The summed E-state index contributed by atoms with van der Waals surface area (Å²) >= 11 is 0. The van der Waals surface area contributed by atoms with Gasteiger partial charge in [0.1, 0.15) is 0 Å². The van der Waals surface area contributed by atoms with Crippen LogP contribution >= 0.6 is 0 Å². The third-order valence-corrected chi connectivity index (χ3v) is 6.69. The van der Waals surface area contributed by atoms with E-state index in [9.17, 15) is 9.59 Å². The van der Waals surface area contributed by atoms with Gasteiger partial charge in [0.2, 0.25) is 5.91 Å². The Labute approximate surface area is 149 Å². The summed E-state index contributed by atoms with van der Waals surface area (Å²) in [7, 11) is 0. The van der Waals surface area contributed by atoms with E-state index in [-0.39, 0.29) is 23.8 Å². The average Bonchev–Trinajstić information content (AvgIpc) is 3.38.